The molecule has 7 heteroatoms. The second-order valence-corrected chi connectivity index (χ2v) is 6.40. The van der Waals surface area contributed by atoms with E-state index in [1.54, 1.807) is 6.07 Å². The van der Waals surface area contributed by atoms with Crippen LogP contribution in [0.15, 0.2) is 35.6 Å². The second-order valence-electron chi connectivity index (χ2n) is 6.40. The Hall–Kier alpha value is -2.57. The number of aryl methyl sites for hydroxylation is 2. The molecule has 0 bridgehead atoms. The fourth-order valence-corrected chi connectivity index (χ4v) is 2.79. The fraction of sp³-hybridized carbons (Fsp3) is 0.500. The molecule has 1 heterocycles. The molecule has 0 aliphatic carbocycles. The monoisotopic (exact) mass is 375 g/mol. The molecule has 0 fully saturated rings. The van der Waals surface area contributed by atoms with Gasteiger partial charge in [0.1, 0.15) is 5.82 Å². The van der Waals surface area contributed by atoms with Gasteiger partial charge < -0.3 is 19.9 Å². The van der Waals surface area contributed by atoms with Gasteiger partial charge in [-0.1, -0.05) is 6.07 Å². The highest BCUT2D eigenvalue weighted by atomic mass is 19.1. The fourth-order valence-electron chi connectivity index (χ4n) is 2.79. The van der Waals surface area contributed by atoms with Gasteiger partial charge in [0.2, 0.25) is 0 Å². The Labute approximate surface area is 160 Å². The zero-order valence-corrected chi connectivity index (χ0v) is 16.6. The molecule has 6 nitrogen and oxygen atoms in total. The van der Waals surface area contributed by atoms with Crippen molar-refractivity contribution in [2.24, 2.45) is 4.99 Å². The highest BCUT2D eigenvalue weighted by molar-refractivity contribution is 5.80. The zero-order valence-electron chi connectivity index (χ0n) is 16.6. The molecule has 27 heavy (non-hydrogen) atoms. The highest BCUT2D eigenvalue weighted by Gasteiger charge is 2.11. The number of hydrogen-bond acceptors (Lipinski definition) is 3. The van der Waals surface area contributed by atoms with E-state index in [1.165, 1.54) is 13.2 Å². The van der Waals surface area contributed by atoms with Crippen LogP contribution in [-0.4, -0.2) is 35.7 Å². The molecule has 0 radical (unpaired) electrons. The Kier molecular flexibility index (Phi) is 8.10. The van der Waals surface area contributed by atoms with E-state index < -0.39 is 0 Å². The van der Waals surface area contributed by atoms with Crippen molar-refractivity contribution in [1.82, 2.24) is 20.2 Å². The van der Waals surface area contributed by atoms with Gasteiger partial charge in [-0.05, 0) is 51.3 Å². The smallest absolute Gasteiger partial charge is 0.191 e. The third kappa shape index (κ3) is 6.27. The van der Waals surface area contributed by atoms with Crippen molar-refractivity contribution in [1.29, 1.82) is 0 Å². The van der Waals surface area contributed by atoms with Crippen molar-refractivity contribution >= 4 is 5.96 Å². The second kappa shape index (κ2) is 10.5. The number of hydrogen-bond donors (Lipinski definition) is 2. The number of rotatable bonds is 9. The van der Waals surface area contributed by atoms with Crippen molar-refractivity contribution in [2.45, 2.75) is 46.2 Å². The molecule has 2 aromatic rings. The van der Waals surface area contributed by atoms with Gasteiger partial charge in [0.05, 0.1) is 13.2 Å². The standard InChI is InChI=1S/C20H30FN5O/c1-5-22-20(24-10-6-7-12-26-13-11-23-16(26)3)25-15(2)17-8-9-19(27-4)18(21)14-17/h8-9,11,13-15H,5-7,10,12H2,1-4H3,(H2,22,24,25). The van der Waals surface area contributed by atoms with Crippen molar-refractivity contribution in [3.8, 4) is 5.75 Å². The predicted octanol–water partition coefficient (Wildman–Crippen LogP) is 3.44. The number of nitrogens with zero attached hydrogens (tertiary/aromatic N) is 3. The number of nitrogens with one attached hydrogen (secondary N) is 2. The first-order valence-electron chi connectivity index (χ1n) is 9.41. The zero-order chi connectivity index (χ0) is 19.6. The lowest BCUT2D eigenvalue weighted by molar-refractivity contribution is 0.386. The van der Waals surface area contributed by atoms with Gasteiger partial charge >= 0.3 is 0 Å². The average Bonchev–Trinajstić information content (AvgIpc) is 3.06. The summed E-state index contributed by atoms with van der Waals surface area (Å²) in [5.74, 6) is 1.66. The van der Waals surface area contributed by atoms with Gasteiger partial charge in [0, 0.05) is 32.0 Å². The molecule has 148 valence electrons. The third-order valence-electron chi connectivity index (χ3n) is 4.37. The van der Waals surface area contributed by atoms with E-state index in [0.29, 0.717) is 0 Å². The first-order chi connectivity index (χ1) is 13.0. The Balaban J connectivity index is 1.86. The summed E-state index contributed by atoms with van der Waals surface area (Å²) in [6.45, 7) is 8.46. The number of aromatic nitrogens is 2. The molecule has 2 N–H and O–H groups in total. The van der Waals surface area contributed by atoms with Crippen molar-refractivity contribution in [3.63, 3.8) is 0 Å². The molecule has 1 aromatic heterocycles. The maximum atomic E-state index is 13.9. The summed E-state index contributed by atoms with van der Waals surface area (Å²) in [5.41, 5.74) is 0.842. The maximum Gasteiger partial charge on any atom is 0.191 e. The molecule has 0 aliphatic heterocycles. The summed E-state index contributed by atoms with van der Waals surface area (Å²) in [4.78, 5) is 8.85. The third-order valence-corrected chi connectivity index (χ3v) is 4.37. The number of imidazole rings is 1. The minimum Gasteiger partial charge on any atom is -0.494 e. The predicted molar refractivity (Wildman–Crippen MR) is 107 cm³/mol. The number of methoxy groups -OCH3 is 1. The van der Waals surface area contributed by atoms with Gasteiger partial charge in [0.15, 0.2) is 17.5 Å². The van der Waals surface area contributed by atoms with E-state index in [-0.39, 0.29) is 17.6 Å². The lowest BCUT2D eigenvalue weighted by atomic mass is 10.1. The molecule has 1 unspecified atom stereocenters. The number of ether oxygens (including phenoxy) is 1. The van der Waals surface area contributed by atoms with Crippen molar-refractivity contribution in [3.05, 3.63) is 47.8 Å². The van der Waals surface area contributed by atoms with E-state index in [9.17, 15) is 4.39 Å². The number of aliphatic imine (C=N–C) groups is 1. The van der Waals surface area contributed by atoms with Crippen molar-refractivity contribution in [2.75, 3.05) is 20.2 Å². The first kappa shape index (κ1) is 20.7. The Morgan fingerprint density at radius 3 is 2.81 bits per heavy atom. The molecule has 0 saturated heterocycles. The van der Waals surface area contributed by atoms with Gasteiger partial charge in [-0.3, -0.25) is 4.99 Å². The van der Waals surface area contributed by atoms with Crippen LogP contribution in [0.5, 0.6) is 5.75 Å². The first-order valence-corrected chi connectivity index (χ1v) is 9.41. The molecular weight excluding hydrogens is 345 g/mol. The van der Waals surface area contributed by atoms with E-state index in [2.05, 4.69) is 25.2 Å². The van der Waals surface area contributed by atoms with Crippen molar-refractivity contribution < 1.29 is 9.13 Å². The SMILES string of the molecule is CCNC(=NCCCCn1ccnc1C)NC(C)c1ccc(OC)c(F)c1. The summed E-state index contributed by atoms with van der Waals surface area (Å²) in [6.07, 6.45) is 5.85. The Bertz CT molecular complexity index is 744. The van der Waals surface area contributed by atoms with E-state index in [0.717, 1.165) is 49.8 Å². The summed E-state index contributed by atoms with van der Waals surface area (Å²) in [7, 11) is 1.46. The van der Waals surface area contributed by atoms with E-state index in [4.69, 9.17) is 4.74 Å². The largest absolute Gasteiger partial charge is 0.494 e. The summed E-state index contributed by atoms with van der Waals surface area (Å²) < 4.78 is 21.0. The number of unbranched alkanes of at least 4 members (excludes halogenated alkanes) is 1. The number of halogens is 1. The molecule has 0 saturated carbocycles. The summed E-state index contributed by atoms with van der Waals surface area (Å²) >= 11 is 0. The molecule has 1 atom stereocenters. The van der Waals surface area contributed by atoms with E-state index >= 15 is 0 Å². The molecule has 1 aromatic carbocycles. The van der Waals surface area contributed by atoms with Gasteiger partial charge in [-0.15, -0.1) is 0 Å². The quantitative estimate of drug-likeness (QED) is 0.400. The Morgan fingerprint density at radius 2 is 2.19 bits per heavy atom. The van der Waals surface area contributed by atoms with Crippen LogP contribution in [0.25, 0.3) is 0 Å². The average molecular weight is 375 g/mol. The van der Waals surface area contributed by atoms with Crippen LogP contribution in [0, 0.1) is 12.7 Å². The summed E-state index contributed by atoms with van der Waals surface area (Å²) in [6, 6.07) is 4.92. The molecule has 2 rings (SSSR count). The molecular formula is C20H30FN5O. The minimum absolute atomic E-state index is 0.0724. The molecule has 0 aliphatic rings. The highest BCUT2D eigenvalue weighted by Crippen LogP contribution is 2.21. The van der Waals surface area contributed by atoms with Crippen LogP contribution in [-0.2, 0) is 6.54 Å². The van der Waals surface area contributed by atoms with E-state index in [1.807, 2.05) is 39.2 Å². The topological polar surface area (TPSA) is 63.5 Å². The summed E-state index contributed by atoms with van der Waals surface area (Å²) in [5, 5.41) is 6.57. The minimum atomic E-state index is -0.361. The van der Waals surface area contributed by atoms with Crippen LogP contribution in [0.2, 0.25) is 0 Å². The lowest BCUT2D eigenvalue weighted by Gasteiger charge is -2.18. The molecule has 0 amide bonds. The van der Waals surface area contributed by atoms with Gasteiger partial charge in [-0.25, -0.2) is 9.37 Å². The molecule has 0 spiro atoms. The number of benzene rings is 1. The van der Waals surface area contributed by atoms with Crippen LogP contribution >= 0.6 is 0 Å². The normalized spacial score (nSPS) is 12.7. The van der Waals surface area contributed by atoms with Crippen LogP contribution in [0.4, 0.5) is 4.39 Å². The van der Waals surface area contributed by atoms with Crippen LogP contribution in [0.3, 0.4) is 0 Å². The Morgan fingerprint density at radius 1 is 1.37 bits per heavy atom. The van der Waals surface area contributed by atoms with Gasteiger partial charge in [-0.2, -0.15) is 0 Å². The maximum absolute atomic E-state index is 13.9. The van der Waals surface area contributed by atoms with Gasteiger partial charge in [0.25, 0.3) is 0 Å². The van der Waals surface area contributed by atoms with Crippen LogP contribution < -0.4 is 15.4 Å². The lowest BCUT2D eigenvalue weighted by Crippen LogP contribution is -2.38. The number of guanidine groups is 1. The van der Waals surface area contributed by atoms with Crippen LogP contribution in [0.1, 0.15) is 44.1 Å².